The van der Waals surface area contributed by atoms with Gasteiger partial charge in [0, 0.05) is 19.7 Å². The van der Waals surface area contributed by atoms with Crippen molar-refractivity contribution in [1.29, 1.82) is 0 Å². The maximum absolute atomic E-state index is 14.1. The molecule has 0 amide bonds. The van der Waals surface area contributed by atoms with Gasteiger partial charge in [-0.05, 0) is 0 Å². The van der Waals surface area contributed by atoms with Crippen LogP contribution in [0, 0.1) is 0 Å². The first-order valence-corrected chi connectivity index (χ1v) is 6.37. The Morgan fingerprint density at radius 2 is 1.82 bits per heavy atom. The summed E-state index contributed by atoms with van der Waals surface area (Å²) < 4.78 is 44.9. The first-order chi connectivity index (χ1) is 10.4. The van der Waals surface area contributed by atoms with Crippen LogP contribution in [0.3, 0.4) is 0 Å². The van der Waals surface area contributed by atoms with Gasteiger partial charge in [0.1, 0.15) is 11.5 Å². The fraction of sp³-hybridized carbons (Fsp3) is 0.200. The van der Waals surface area contributed by atoms with E-state index in [4.69, 9.17) is 4.52 Å². The lowest BCUT2D eigenvalue weighted by Crippen LogP contribution is -2.11. The third kappa shape index (κ3) is 3.19. The van der Waals surface area contributed by atoms with Gasteiger partial charge < -0.3 is 9.42 Å². The van der Waals surface area contributed by atoms with E-state index in [-0.39, 0.29) is 11.4 Å². The number of carbonyl (C=O) groups is 1. The summed E-state index contributed by atoms with van der Waals surface area (Å²) in [5.74, 6) is -2.70. The molecular formula is C15H13F3N2O2. The minimum Gasteiger partial charge on any atom is -0.373 e. The lowest BCUT2D eigenvalue weighted by molar-refractivity contribution is -0.128. The Bertz CT molecular complexity index is 709. The highest BCUT2D eigenvalue weighted by molar-refractivity contribution is 5.83. The smallest absolute Gasteiger partial charge is 0.308 e. The van der Waals surface area contributed by atoms with Gasteiger partial charge in [0.05, 0.1) is 6.42 Å². The van der Waals surface area contributed by atoms with E-state index in [1.54, 1.807) is 44.4 Å². The first kappa shape index (κ1) is 15.8. The minimum atomic E-state index is -1.97. The number of hydrogen-bond acceptors (Lipinski definition) is 4. The van der Waals surface area contributed by atoms with Gasteiger partial charge in [-0.15, -0.1) is 0 Å². The largest absolute Gasteiger partial charge is 0.373 e. The van der Waals surface area contributed by atoms with E-state index in [9.17, 15) is 18.0 Å². The fourth-order valence-electron chi connectivity index (χ4n) is 1.95. The first-order valence-electron chi connectivity index (χ1n) is 6.37. The highest BCUT2D eigenvalue weighted by Crippen LogP contribution is 2.38. The van der Waals surface area contributed by atoms with Gasteiger partial charge in [-0.2, -0.15) is 4.39 Å². The molecule has 0 fully saturated rings. The van der Waals surface area contributed by atoms with E-state index < -0.39 is 29.8 Å². The van der Waals surface area contributed by atoms with Crippen LogP contribution in [0.5, 0.6) is 0 Å². The minimum absolute atomic E-state index is 0.199. The van der Waals surface area contributed by atoms with E-state index in [1.165, 1.54) is 4.90 Å². The third-order valence-electron chi connectivity index (χ3n) is 2.89. The van der Waals surface area contributed by atoms with Crippen molar-refractivity contribution in [2.75, 3.05) is 19.0 Å². The lowest BCUT2D eigenvalue weighted by atomic mass is 10.1. The van der Waals surface area contributed by atoms with Gasteiger partial charge in [0.15, 0.2) is 17.3 Å². The summed E-state index contributed by atoms with van der Waals surface area (Å²) in [6.07, 6.45) is -1.27. The van der Waals surface area contributed by atoms with Crippen molar-refractivity contribution in [3.05, 3.63) is 41.9 Å². The summed E-state index contributed by atoms with van der Waals surface area (Å²) in [6.45, 7) is 0. The summed E-state index contributed by atoms with van der Waals surface area (Å²) in [7, 11) is 3.21. The van der Waals surface area contributed by atoms with Gasteiger partial charge >= 0.3 is 6.04 Å². The average Bonchev–Trinajstić information content (AvgIpc) is 2.91. The van der Waals surface area contributed by atoms with Gasteiger partial charge in [0.2, 0.25) is 0 Å². The van der Waals surface area contributed by atoms with Crippen molar-refractivity contribution in [2.24, 2.45) is 0 Å². The number of aromatic nitrogens is 1. The molecule has 0 spiro atoms. The monoisotopic (exact) mass is 310 g/mol. The highest BCUT2D eigenvalue weighted by atomic mass is 19.2. The zero-order valence-electron chi connectivity index (χ0n) is 11.9. The van der Waals surface area contributed by atoms with Crippen molar-refractivity contribution in [3.8, 4) is 11.3 Å². The molecule has 0 aliphatic carbocycles. The zero-order chi connectivity index (χ0) is 16.3. The Hall–Kier alpha value is -2.57. The molecule has 116 valence electrons. The molecule has 0 saturated carbocycles. The number of carbonyl (C=O) groups excluding carboxylic acids is 1. The Balaban J connectivity index is 2.55. The van der Waals surface area contributed by atoms with Crippen LogP contribution in [0.2, 0.25) is 0 Å². The van der Waals surface area contributed by atoms with Crippen molar-refractivity contribution in [1.82, 2.24) is 5.16 Å². The molecule has 0 radical (unpaired) electrons. The summed E-state index contributed by atoms with van der Waals surface area (Å²) in [6, 6.07) is 6.78. The highest BCUT2D eigenvalue weighted by Gasteiger charge is 2.25. The molecule has 2 rings (SSSR count). The molecule has 0 unspecified atom stereocenters. The van der Waals surface area contributed by atoms with Crippen molar-refractivity contribution in [2.45, 2.75) is 6.42 Å². The normalized spacial score (nSPS) is 12.0. The third-order valence-corrected chi connectivity index (χ3v) is 2.89. The number of benzene rings is 1. The number of rotatable bonds is 5. The Morgan fingerprint density at radius 3 is 2.36 bits per heavy atom. The average molecular weight is 310 g/mol. The molecule has 0 aliphatic heterocycles. The van der Waals surface area contributed by atoms with E-state index in [2.05, 4.69) is 5.16 Å². The summed E-state index contributed by atoms with van der Waals surface area (Å²) >= 11 is 0. The van der Waals surface area contributed by atoms with Crippen LogP contribution in [-0.2, 0) is 4.79 Å². The zero-order valence-corrected chi connectivity index (χ0v) is 11.9. The second-order valence-corrected chi connectivity index (χ2v) is 4.72. The second-order valence-electron chi connectivity index (χ2n) is 4.72. The quantitative estimate of drug-likeness (QED) is 0.786. The van der Waals surface area contributed by atoms with Crippen molar-refractivity contribution in [3.63, 3.8) is 0 Å². The topological polar surface area (TPSA) is 46.3 Å². The molecule has 0 aliphatic rings. The van der Waals surface area contributed by atoms with Crippen LogP contribution in [0.1, 0.15) is 12.1 Å². The predicted octanol–water partition coefficient (Wildman–Crippen LogP) is 3.90. The summed E-state index contributed by atoms with van der Waals surface area (Å²) in [5.41, 5.74) is 0.410. The molecule has 7 heteroatoms. The molecule has 1 aromatic heterocycles. The van der Waals surface area contributed by atoms with Crippen molar-refractivity contribution >= 4 is 17.6 Å². The van der Waals surface area contributed by atoms with Gasteiger partial charge in [-0.25, -0.2) is 8.78 Å². The van der Waals surface area contributed by atoms with E-state index in [0.717, 1.165) is 0 Å². The van der Waals surface area contributed by atoms with Crippen LogP contribution in [0.25, 0.3) is 17.2 Å². The van der Waals surface area contributed by atoms with Crippen LogP contribution in [-0.4, -0.2) is 25.3 Å². The maximum atomic E-state index is 14.1. The Morgan fingerprint density at radius 1 is 1.18 bits per heavy atom. The standard InChI is InChI=1S/C15H13F3N2O2/c1-20(2)14-13(12(18)10(16)8-11(17)21)19-22-15(14)9-6-4-3-5-7-9/h3-7H,8H2,1-2H3. The summed E-state index contributed by atoms with van der Waals surface area (Å²) in [5, 5.41) is 3.52. The second kappa shape index (κ2) is 6.46. The van der Waals surface area contributed by atoms with Crippen LogP contribution < -0.4 is 4.90 Å². The van der Waals surface area contributed by atoms with Crippen molar-refractivity contribution < 1.29 is 22.5 Å². The molecular weight excluding hydrogens is 297 g/mol. The van der Waals surface area contributed by atoms with Crippen LogP contribution >= 0.6 is 0 Å². The fourth-order valence-corrected chi connectivity index (χ4v) is 1.95. The molecule has 0 atom stereocenters. The number of allylic oxidation sites excluding steroid dienone is 1. The maximum Gasteiger partial charge on any atom is 0.308 e. The molecule has 1 heterocycles. The van der Waals surface area contributed by atoms with E-state index in [1.807, 2.05) is 0 Å². The SMILES string of the molecule is CN(C)c1c(C(F)=C(F)CC(=O)F)noc1-c1ccccc1. The Labute approximate surface area is 124 Å². The van der Waals surface area contributed by atoms with Gasteiger partial charge in [-0.1, -0.05) is 35.5 Å². The van der Waals surface area contributed by atoms with E-state index in [0.29, 0.717) is 5.56 Å². The molecule has 0 saturated heterocycles. The number of anilines is 1. The molecule has 22 heavy (non-hydrogen) atoms. The molecule has 1 aromatic carbocycles. The summed E-state index contributed by atoms with van der Waals surface area (Å²) in [4.78, 5) is 11.8. The predicted molar refractivity (Wildman–Crippen MR) is 76.1 cm³/mol. The Kier molecular flexibility index (Phi) is 4.65. The van der Waals surface area contributed by atoms with Gasteiger partial charge in [-0.3, -0.25) is 4.79 Å². The molecule has 0 N–H and O–H groups in total. The molecule has 0 bridgehead atoms. The van der Waals surface area contributed by atoms with E-state index >= 15 is 0 Å². The number of halogens is 3. The number of nitrogens with zero attached hydrogens (tertiary/aromatic N) is 2. The number of hydrogen-bond donors (Lipinski definition) is 0. The molecule has 2 aromatic rings. The molecule has 4 nitrogen and oxygen atoms in total. The lowest BCUT2D eigenvalue weighted by Gasteiger charge is -2.13. The van der Waals surface area contributed by atoms with Gasteiger partial charge in [0.25, 0.3) is 0 Å². The van der Waals surface area contributed by atoms with Crippen LogP contribution in [0.15, 0.2) is 40.7 Å². The van der Waals surface area contributed by atoms with Crippen LogP contribution in [0.4, 0.5) is 18.9 Å².